The molecule has 8 nitrogen and oxygen atoms in total. The van der Waals surface area contributed by atoms with Gasteiger partial charge in [-0.2, -0.15) is 18.3 Å². The number of hydrogen-bond donors (Lipinski definition) is 3. The number of aliphatic hydroxyl groups excluding tert-OH is 1. The molecule has 0 aliphatic heterocycles. The Morgan fingerprint density at radius 3 is 2.43 bits per heavy atom. The third kappa shape index (κ3) is 6.01. The van der Waals surface area contributed by atoms with E-state index >= 15 is 0 Å². The van der Waals surface area contributed by atoms with Crippen molar-refractivity contribution in [2.24, 2.45) is 7.05 Å². The number of pyridine rings is 1. The van der Waals surface area contributed by atoms with Crippen molar-refractivity contribution < 1.29 is 27.9 Å². The Bertz CT molecular complexity index is 1440. The molecule has 4 rings (SSSR count). The standard InChI is InChI=1S/C26H22F3N5O3/c1-34-10-9-22(33-34)20-11-17(7-8-21(20)26(27,28)29)25(37)32-23-14-30-18(13-31-24(36)15-35)12-19(23)16-5-3-2-4-6-16/h2-12,14,35H,13,15H2,1H3,(H,31,36)(H,32,37). The molecule has 0 saturated heterocycles. The van der Waals surface area contributed by atoms with Crippen LogP contribution in [0.5, 0.6) is 0 Å². The summed E-state index contributed by atoms with van der Waals surface area (Å²) in [6.07, 6.45) is -1.71. The van der Waals surface area contributed by atoms with Crippen molar-refractivity contribution in [2.45, 2.75) is 12.7 Å². The van der Waals surface area contributed by atoms with Crippen LogP contribution in [0.3, 0.4) is 0 Å². The number of nitrogens with one attached hydrogen (secondary N) is 2. The van der Waals surface area contributed by atoms with E-state index in [1.165, 1.54) is 23.1 Å². The molecule has 0 spiro atoms. The highest BCUT2D eigenvalue weighted by Gasteiger charge is 2.34. The molecule has 4 aromatic rings. The Balaban J connectivity index is 1.69. The highest BCUT2D eigenvalue weighted by atomic mass is 19.4. The minimum Gasteiger partial charge on any atom is -0.387 e. The molecule has 0 atom stereocenters. The molecule has 190 valence electrons. The van der Waals surface area contributed by atoms with Crippen LogP contribution in [0, 0.1) is 0 Å². The zero-order valence-electron chi connectivity index (χ0n) is 19.6. The normalized spacial score (nSPS) is 11.3. The number of carbonyl (C=O) groups is 2. The molecule has 11 heteroatoms. The molecule has 0 fully saturated rings. The van der Waals surface area contributed by atoms with Gasteiger partial charge in [0.05, 0.1) is 35.4 Å². The number of aliphatic hydroxyl groups is 1. The predicted molar refractivity (Wildman–Crippen MR) is 130 cm³/mol. The SMILES string of the molecule is Cn1ccc(-c2cc(C(=O)Nc3cnc(CNC(=O)CO)cc3-c3ccccc3)ccc2C(F)(F)F)n1. The van der Waals surface area contributed by atoms with Gasteiger partial charge in [0.15, 0.2) is 0 Å². The zero-order valence-corrected chi connectivity index (χ0v) is 19.6. The van der Waals surface area contributed by atoms with E-state index in [4.69, 9.17) is 5.11 Å². The monoisotopic (exact) mass is 509 g/mol. The van der Waals surface area contributed by atoms with Crippen LogP contribution >= 0.6 is 0 Å². The summed E-state index contributed by atoms with van der Waals surface area (Å²) in [4.78, 5) is 28.8. The molecule has 0 radical (unpaired) electrons. The third-order valence-electron chi connectivity index (χ3n) is 5.48. The minimum atomic E-state index is -4.63. The average molecular weight is 509 g/mol. The number of nitrogens with zero attached hydrogens (tertiary/aromatic N) is 3. The van der Waals surface area contributed by atoms with Gasteiger partial charge in [-0.15, -0.1) is 0 Å². The molecule has 3 N–H and O–H groups in total. The Labute approximate surface area is 209 Å². The molecule has 2 aromatic carbocycles. The zero-order chi connectivity index (χ0) is 26.6. The van der Waals surface area contributed by atoms with Crippen LogP contribution < -0.4 is 10.6 Å². The lowest BCUT2D eigenvalue weighted by Gasteiger charge is -2.15. The van der Waals surface area contributed by atoms with Crippen molar-refractivity contribution in [3.8, 4) is 22.4 Å². The van der Waals surface area contributed by atoms with E-state index in [1.54, 1.807) is 13.1 Å². The lowest BCUT2D eigenvalue weighted by atomic mass is 10.00. The van der Waals surface area contributed by atoms with Gasteiger partial charge in [0.1, 0.15) is 6.61 Å². The maximum atomic E-state index is 13.7. The van der Waals surface area contributed by atoms with Crippen molar-refractivity contribution >= 4 is 17.5 Å². The Kier molecular flexibility index (Phi) is 7.35. The van der Waals surface area contributed by atoms with Crippen LogP contribution in [0.4, 0.5) is 18.9 Å². The highest BCUT2D eigenvalue weighted by molar-refractivity contribution is 6.07. The first-order valence-corrected chi connectivity index (χ1v) is 11.1. The van der Waals surface area contributed by atoms with Gasteiger partial charge >= 0.3 is 6.18 Å². The molecule has 37 heavy (non-hydrogen) atoms. The number of anilines is 1. The third-order valence-corrected chi connectivity index (χ3v) is 5.48. The van der Waals surface area contributed by atoms with Gasteiger partial charge in [0.2, 0.25) is 5.91 Å². The molecule has 2 amide bonds. The largest absolute Gasteiger partial charge is 0.417 e. The maximum absolute atomic E-state index is 13.7. The van der Waals surface area contributed by atoms with Gasteiger partial charge in [-0.1, -0.05) is 30.3 Å². The molecule has 2 heterocycles. The fourth-order valence-electron chi connectivity index (χ4n) is 3.69. The molecule has 0 saturated carbocycles. The quantitative estimate of drug-likeness (QED) is 0.349. The van der Waals surface area contributed by atoms with Gasteiger partial charge in [-0.25, -0.2) is 0 Å². The van der Waals surface area contributed by atoms with E-state index in [-0.39, 0.29) is 23.4 Å². The summed E-state index contributed by atoms with van der Waals surface area (Å²) in [5.41, 5.74) is 1.13. The number of aromatic nitrogens is 3. The van der Waals surface area contributed by atoms with Crippen molar-refractivity contribution in [1.82, 2.24) is 20.1 Å². The molecule has 0 aliphatic carbocycles. The molecule has 0 bridgehead atoms. The summed E-state index contributed by atoms with van der Waals surface area (Å²) in [7, 11) is 1.59. The van der Waals surface area contributed by atoms with Crippen LogP contribution in [0.15, 0.2) is 73.1 Å². The smallest absolute Gasteiger partial charge is 0.387 e. The number of amides is 2. The predicted octanol–water partition coefficient (Wildman–Crippen LogP) is 4.03. The van der Waals surface area contributed by atoms with Crippen molar-refractivity contribution in [3.63, 3.8) is 0 Å². The summed E-state index contributed by atoms with van der Waals surface area (Å²) in [5, 5.41) is 18.2. The number of alkyl halides is 3. The van der Waals surface area contributed by atoms with Crippen LogP contribution in [0.1, 0.15) is 21.6 Å². The van der Waals surface area contributed by atoms with Crippen LogP contribution in [-0.4, -0.2) is 38.3 Å². The average Bonchev–Trinajstić information content (AvgIpc) is 3.33. The number of rotatable bonds is 7. The second-order valence-corrected chi connectivity index (χ2v) is 8.11. The van der Waals surface area contributed by atoms with Gasteiger partial charge in [-0.3, -0.25) is 19.3 Å². The second-order valence-electron chi connectivity index (χ2n) is 8.11. The van der Waals surface area contributed by atoms with E-state index in [0.717, 1.165) is 23.8 Å². The summed E-state index contributed by atoms with van der Waals surface area (Å²) >= 11 is 0. The summed E-state index contributed by atoms with van der Waals surface area (Å²) in [6.45, 7) is -0.604. The maximum Gasteiger partial charge on any atom is 0.417 e. The van der Waals surface area contributed by atoms with Gasteiger partial charge in [0.25, 0.3) is 5.91 Å². The van der Waals surface area contributed by atoms with E-state index in [0.29, 0.717) is 16.9 Å². The van der Waals surface area contributed by atoms with Crippen molar-refractivity contribution in [1.29, 1.82) is 0 Å². The van der Waals surface area contributed by atoms with E-state index in [9.17, 15) is 22.8 Å². The molecule has 2 aromatic heterocycles. The topological polar surface area (TPSA) is 109 Å². The molecular formula is C26H22F3N5O3. The first-order chi connectivity index (χ1) is 17.7. The van der Waals surface area contributed by atoms with Crippen molar-refractivity contribution in [3.05, 3.63) is 89.9 Å². The fraction of sp³-hybridized carbons (Fsp3) is 0.154. The van der Waals surface area contributed by atoms with Crippen LogP contribution in [-0.2, 0) is 24.6 Å². The minimum absolute atomic E-state index is 0.00644. The van der Waals surface area contributed by atoms with Gasteiger partial charge in [-0.05, 0) is 35.9 Å². The van der Waals surface area contributed by atoms with E-state index < -0.39 is 30.2 Å². The fourth-order valence-corrected chi connectivity index (χ4v) is 3.69. The highest BCUT2D eigenvalue weighted by Crippen LogP contribution is 2.37. The lowest BCUT2D eigenvalue weighted by Crippen LogP contribution is -2.26. The van der Waals surface area contributed by atoms with Crippen LogP contribution in [0.2, 0.25) is 0 Å². The molecular weight excluding hydrogens is 487 g/mol. The number of aryl methyl sites for hydroxylation is 1. The molecule has 0 unspecified atom stereocenters. The first-order valence-electron chi connectivity index (χ1n) is 11.1. The van der Waals surface area contributed by atoms with Gasteiger partial charge < -0.3 is 15.7 Å². The number of benzene rings is 2. The first kappa shape index (κ1) is 25.6. The van der Waals surface area contributed by atoms with E-state index in [2.05, 4.69) is 20.7 Å². The summed E-state index contributed by atoms with van der Waals surface area (Å²) in [6, 6.07) is 15.3. The number of carbonyl (C=O) groups excluding carboxylic acids is 2. The molecule has 0 aliphatic rings. The lowest BCUT2D eigenvalue weighted by molar-refractivity contribution is -0.137. The van der Waals surface area contributed by atoms with E-state index in [1.807, 2.05) is 30.3 Å². The number of hydrogen-bond acceptors (Lipinski definition) is 5. The van der Waals surface area contributed by atoms with Crippen LogP contribution in [0.25, 0.3) is 22.4 Å². The number of halogens is 3. The second kappa shape index (κ2) is 10.6. The Hall–Kier alpha value is -4.51. The van der Waals surface area contributed by atoms with Gasteiger partial charge in [0, 0.05) is 29.9 Å². The Morgan fingerprint density at radius 2 is 1.78 bits per heavy atom. The Morgan fingerprint density at radius 1 is 1.03 bits per heavy atom. The summed E-state index contributed by atoms with van der Waals surface area (Å²) in [5.74, 6) is -1.20. The summed E-state index contributed by atoms with van der Waals surface area (Å²) < 4.78 is 42.3. The van der Waals surface area contributed by atoms with Crippen molar-refractivity contribution in [2.75, 3.05) is 11.9 Å².